The van der Waals surface area contributed by atoms with Crippen molar-refractivity contribution in [2.24, 2.45) is 0 Å². The van der Waals surface area contributed by atoms with E-state index in [2.05, 4.69) is 168 Å². The monoisotopic (exact) mass is 608 g/mol. The molecular formula is C42H25Br. The predicted octanol–water partition coefficient (Wildman–Crippen LogP) is 12.7. The van der Waals surface area contributed by atoms with Crippen LogP contribution in [0.25, 0.3) is 86.9 Å². The van der Waals surface area contributed by atoms with Gasteiger partial charge in [0.05, 0.1) is 0 Å². The molecule has 0 aliphatic rings. The van der Waals surface area contributed by atoms with Crippen LogP contribution in [0.5, 0.6) is 0 Å². The minimum absolute atomic E-state index is 1.08. The summed E-state index contributed by atoms with van der Waals surface area (Å²) in [5.41, 5.74) is 5.17. The molecule has 0 atom stereocenters. The Morgan fingerprint density at radius 2 is 0.558 bits per heavy atom. The molecular weight excluding hydrogens is 584 g/mol. The molecule has 0 amide bonds. The first-order valence-corrected chi connectivity index (χ1v) is 15.5. The lowest BCUT2D eigenvalue weighted by atomic mass is 9.81. The highest BCUT2D eigenvalue weighted by Crippen LogP contribution is 2.50. The predicted molar refractivity (Wildman–Crippen MR) is 190 cm³/mol. The molecule has 200 valence electrons. The molecule has 0 fully saturated rings. The number of rotatable bonds is 2. The van der Waals surface area contributed by atoms with Gasteiger partial charge in [-0.25, -0.2) is 0 Å². The van der Waals surface area contributed by atoms with Crippen LogP contribution in [0.2, 0.25) is 0 Å². The minimum atomic E-state index is 1.08. The van der Waals surface area contributed by atoms with Crippen molar-refractivity contribution in [3.05, 3.63) is 156 Å². The van der Waals surface area contributed by atoms with Gasteiger partial charge in [-0.15, -0.1) is 0 Å². The lowest BCUT2D eigenvalue weighted by Gasteiger charge is -2.22. The second-order valence-electron chi connectivity index (χ2n) is 11.4. The SMILES string of the molecule is Brc1ccc2c(-c3c4ccccc4cc4ccccc34)c3ccccc3c(-c3c4ccccc4cc4ccccc34)c2c1. The number of hydrogen-bond acceptors (Lipinski definition) is 0. The summed E-state index contributed by atoms with van der Waals surface area (Å²) < 4.78 is 1.08. The van der Waals surface area contributed by atoms with Gasteiger partial charge < -0.3 is 0 Å². The van der Waals surface area contributed by atoms with Gasteiger partial charge in [-0.1, -0.05) is 143 Å². The topological polar surface area (TPSA) is 0 Å². The lowest BCUT2D eigenvalue weighted by molar-refractivity contribution is 1.69. The standard InChI is InChI=1S/C42H25Br/c43-30-21-22-37-38(25-30)42(40-33-17-7-3-13-28(33)24-29-14-4-8-18-34(29)40)36-20-10-9-19-35(36)41(37)39-31-15-5-1-11-26(31)23-27-12-2-6-16-32(27)39/h1-25H. The van der Waals surface area contributed by atoms with Crippen molar-refractivity contribution in [2.75, 3.05) is 0 Å². The Balaban J connectivity index is 1.57. The van der Waals surface area contributed by atoms with Gasteiger partial charge in [-0.2, -0.15) is 0 Å². The van der Waals surface area contributed by atoms with Crippen molar-refractivity contribution >= 4 is 80.6 Å². The van der Waals surface area contributed by atoms with E-state index in [1.54, 1.807) is 0 Å². The van der Waals surface area contributed by atoms with Gasteiger partial charge in [0, 0.05) is 4.47 Å². The maximum atomic E-state index is 3.86. The molecule has 0 spiro atoms. The molecule has 9 rings (SSSR count). The van der Waals surface area contributed by atoms with Crippen LogP contribution in [0, 0.1) is 0 Å². The molecule has 0 aromatic heterocycles. The third-order valence-corrected chi connectivity index (χ3v) is 9.52. The molecule has 1 heteroatoms. The maximum absolute atomic E-state index is 3.86. The van der Waals surface area contributed by atoms with Crippen molar-refractivity contribution in [1.82, 2.24) is 0 Å². The van der Waals surface area contributed by atoms with E-state index >= 15 is 0 Å². The van der Waals surface area contributed by atoms with Crippen molar-refractivity contribution in [3.8, 4) is 22.3 Å². The van der Waals surface area contributed by atoms with Gasteiger partial charge >= 0.3 is 0 Å². The van der Waals surface area contributed by atoms with Crippen molar-refractivity contribution < 1.29 is 0 Å². The Kier molecular flexibility index (Phi) is 5.45. The molecule has 43 heavy (non-hydrogen) atoms. The molecule has 0 nitrogen and oxygen atoms in total. The van der Waals surface area contributed by atoms with E-state index in [0.717, 1.165) is 4.47 Å². The fourth-order valence-electron chi connectivity index (χ4n) is 7.26. The Morgan fingerprint density at radius 3 is 0.977 bits per heavy atom. The summed E-state index contributed by atoms with van der Waals surface area (Å²) in [5, 5.41) is 15.2. The Hall–Kier alpha value is -4.98. The molecule has 9 aromatic rings. The number of halogens is 1. The number of fused-ring (bicyclic) bond motifs is 6. The molecule has 0 saturated heterocycles. The average molecular weight is 610 g/mol. The van der Waals surface area contributed by atoms with E-state index in [9.17, 15) is 0 Å². The van der Waals surface area contributed by atoms with Crippen LogP contribution < -0.4 is 0 Å². The molecule has 0 unspecified atom stereocenters. The van der Waals surface area contributed by atoms with E-state index in [1.165, 1.54) is 86.9 Å². The van der Waals surface area contributed by atoms with Crippen LogP contribution in [0.4, 0.5) is 0 Å². The Labute approximate surface area is 258 Å². The van der Waals surface area contributed by atoms with Crippen LogP contribution in [0.3, 0.4) is 0 Å². The van der Waals surface area contributed by atoms with E-state index in [0.29, 0.717) is 0 Å². The molecule has 0 bridgehead atoms. The zero-order valence-corrected chi connectivity index (χ0v) is 24.9. The average Bonchev–Trinajstić information content (AvgIpc) is 3.05. The van der Waals surface area contributed by atoms with Crippen LogP contribution >= 0.6 is 15.9 Å². The summed E-state index contributed by atoms with van der Waals surface area (Å²) >= 11 is 3.86. The van der Waals surface area contributed by atoms with Crippen molar-refractivity contribution in [1.29, 1.82) is 0 Å². The number of hydrogen-bond donors (Lipinski definition) is 0. The number of benzene rings is 9. The van der Waals surface area contributed by atoms with E-state index in [-0.39, 0.29) is 0 Å². The van der Waals surface area contributed by atoms with Gasteiger partial charge in [-0.3, -0.25) is 0 Å². The highest BCUT2D eigenvalue weighted by atomic mass is 79.9. The van der Waals surface area contributed by atoms with Gasteiger partial charge in [0.2, 0.25) is 0 Å². The maximum Gasteiger partial charge on any atom is 0.0181 e. The molecule has 0 aliphatic carbocycles. The van der Waals surface area contributed by atoms with E-state index in [4.69, 9.17) is 0 Å². The smallest absolute Gasteiger partial charge is 0.0181 e. The molecule has 0 saturated carbocycles. The van der Waals surface area contributed by atoms with Crippen molar-refractivity contribution in [2.45, 2.75) is 0 Å². The fourth-order valence-corrected chi connectivity index (χ4v) is 7.62. The van der Waals surface area contributed by atoms with E-state index in [1.807, 2.05) is 0 Å². The zero-order chi connectivity index (χ0) is 28.5. The summed E-state index contributed by atoms with van der Waals surface area (Å²) in [6.45, 7) is 0. The quantitative estimate of drug-likeness (QED) is 0.171. The minimum Gasteiger partial charge on any atom is -0.0616 e. The highest BCUT2D eigenvalue weighted by Gasteiger charge is 2.22. The third kappa shape index (κ3) is 3.68. The van der Waals surface area contributed by atoms with Gasteiger partial charge in [-0.05, 0) is 111 Å². The Morgan fingerprint density at radius 1 is 0.256 bits per heavy atom. The van der Waals surface area contributed by atoms with Crippen LogP contribution in [0.1, 0.15) is 0 Å². The van der Waals surface area contributed by atoms with Gasteiger partial charge in [0.15, 0.2) is 0 Å². The first-order valence-electron chi connectivity index (χ1n) is 14.7. The molecule has 0 heterocycles. The van der Waals surface area contributed by atoms with Crippen molar-refractivity contribution in [3.63, 3.8) is 0 Å². The first-order chi connectivity index (χ1) is 21.3. The lowest BCUT2D eigenvalue weighted by Crippen LogP contribution is -1.94. The summed E-state index contributed by atoms with van der Waals surface area (Å²) in [6.07, 6.45) is 0. The van der Waals surface area contributed by atoms with Crippen LogP contribution in [-0.2, 0) is 0 Å². The highest BCUT2D eigenvalue weighted by molar-refractivity contribution is 9.10. The van der Waals surface area contributed by atoms with Gasteiger partial charge in [0.25, 0.3) is 0 Å². The summed E-state index contributed by atoms with van der Waals surface area (Å²) in [7, 11) is 0. The van der Waals surface area contributed by atoms with E-state index < -0.39 is 0 Å². The summed E-state index contributed by atoms with van der Waals surface area (Å²) in [5.74, 6) is 0. The second-order valence-corrected chi connectivity index (χ2v) is 12.3. The second kappa shape index (κ2) is 9.52. The largest absolute Gasteiger partial charge is 0.0616 e. The summed E-state index contributed by atoms with van der Waals surface area (Å²) in [6, 6.07) is 55.8. The summed E-state index contributed by atoms with van der Waals surface area (Å²) in [4.78, 5) is 0. The normalized spacial score (nSPS) is 11.8. The van der Waals surface area contributed by atoms with Crippen LogP contribution in [-0.4, -0.2) is 0 Å². The van der Waals surface area contributed by atoms with Gasteiger partial charge in [0.1, 0.15) is 0 Å². The first kappa shape index (κ1) is 24.6. The molecule has 9 aromatic carbocycles. The Bertz CT molecular complexity index is 2470. The molecule has 0 radical (unpaired) electrons. The molecule has 0 aliphatic heterocycles. The third-order valence-electron chi connectivity index (χ3n) is 9.03. The molecule has 0 N–H and O–H groups in total. The zero-order valence-electron chi connectivity index (χ0n) is 23.3. The fraction of sp³-hybridized carbons (Fsp3) is 0. The van der Waals surface area contributed by atoms with Crippen LogP contribution in [0.15, 0.2) is 156 Å².